The van der Waals surface area contributed by atoms with E-state index < -0.39 is 6.04 Å². The minimum Gasteiger partial charge on any atom is -0.363 e. The molecule has 0 saturated carbocycles. The topological polar surface area (TPSA) is 52.7 Å². The fourth-order valence-corrected chi connectivity index (χ4v) is 4.51. The number of carbonyl (C=O) groups excluding carboxylic acids is 2. The van der Waals surface area contributed by atoms with Crippen LogP contribution >= 0.6 is 0 Å². The van der Waals surface area contributed by atoms with Gasteiger partial charge in [-0.25, -0.2) is 0 Å². The quantitative estimate of drug-likeness (QED) is 0.700. The van der Waals surface area contributed by atoms with E-state index in [2.05, 4.69) is 30.5 Å². The van der Waals surface area contributed by atoms with Crippen molar-refractivity contribution < 1.29 is 9.59 Å². The molecule has 1 N–H and O–H groups in total. The summed E-state index contributed by atoms with van der Waals surface area (Å²) in [7, 11) is 3.71. The van der Waals surface area contributed by atoms with Crippen molar-refractivity contribution in [1.29, 1.82) is 0 Å². The van der Waals surface area contributed by atoms with Gasteiger partial charge in [0.2, 0.25) is 5.91 Å². The Hall–Kier alpha value is -3.60. The average Bonchev–Trinajstić information content (AvgIpc) is 3.18. The van der Waals surface area contributed by atoms with Crippen LogP contribution in [0.2, 0.25) is 0 Å². The number of hydrogen-bond donors (Lipinski definition) is 1. The van der Waals surface area contributed by atoms with E-state index in [1.807, 2.05) is 78.7 Å². The van der Waals surface area contributed by atoms with Crippen LogP contribution < -0.4 is 5.32 Å². The third kappa shape index (κ3) is 4.92. The largest absolute Gasteiger partial charge is 0.363 e. The maximum Gasteiger partial charge on any atom is 0.268 e. The molecule has 3 atom stereocenters. The van der Waals surface area contributed by atoms with Crippen LogP contribution in [0, 0.1) is 5.92 Å². The first-order chi connectivity index (χ1) is 16.0. The molecule has 0 radical (unpaired) electrons. The Morgan fingerprint density at radius 2 is 1.70 bits per heavy atom. The number of nitrogens with one attached hydrogen (secondary N) is 1. The standard InChI is InChI=1S/C28H31N3O2/c1-4-20-15-16-24-23(17-20)18-25(31(24)3)27(32)29-26(22-13-9-6-10-14-22)28(33)30(2)19-21-11-7-5-8-12-21/h5-18,23-24,26H,4,19H2,1-3H3,(H,29,32). The number of amides is 2. The summed E-state index contributed by atoms with van der Waals surface area (Å²) in [6.45, 7) is 2.61. The summed E-state index contributed by atoms with van der Waals surface area (Å²) >= 11 is 0. The van der Waals surface area contributed by atoms with Crippen molar-refractivity contribution in [3.05, 3.63) is 107 Å². The molecule has 0 saturated heterocycles. The highest BCUT2D eigenvalue weighted by molar-refractivity contribution is 5.97. The maximum atomic E-state index is 13.5. The molecule has 0 aromatic heterocycles. The number of fused-ring (bicyclic) bond motifs is 1. The van der Waals surface area contributed by atoms with Gasteiger partial charge in [0.05, 0.1) is 11.7 Å². The van der Waals surface area contributed by atoms with Crippen molar-refractivity contribution in [2.45, 2.75) is 32.0 Å². The van der Waals surface area contributed by atoms with E-state index in [0.29, 0.717) is 12.2 Å². The minimum absolute atomic E-state index is 0.132. The molecule has 1 aliphatic carbocycles. The first kappa shape index (κ1) is 22.6. The van der Waals surface area contributed by atoms with E-state index in [1.165, 1.54) is 5.57 Å². The van der Waals surface area contributed by atoms with Crippen LogP contribution in [0.5, 0.6) is 0 Å². The minimum atomic E-state index is -0.762. The first-order valence-corrected chi connectivity index (χ1v) is 11.5. The Morgan fingerprint density at radius 1 is 1.03 bits per heavy atom. The number of rotatable bonds is 7. The summed E-state index contributed by atoms with van der Waals surface area (Å²) in [4.78, 5) is 30.5. The van der Waals surface area contributed by atoms with Crippen LogP contribution in [0.3, 0.4) is 0 Å². The molecule has 33 heavy (non-hydrogen) atoms. The Bertz CT molecular complexity index is 1090. The number of carbonyl (C=O) groups is 2. The van der Waals surface area contributed by atoms with Crippen molar-refractivity contribution in [3.63, 3.8) is 0 Å². The van der Waals surface area contributed by atoms with E-state index >= 15 is 0 Å². The molecule has 4 rings (SSSR count). The molecule has 1 heterocycles. The lowest BCUT2D eigenvalue weighted by molar-refractivity contribution is -0.135. The Morgan fingerprint density at radius 3 is 2.36 bits per heavy atom. The molecule has 2 aromatic rings. The van der Waals surface area contributed by atoms with Gasteiger partial charge in [0.15, 0.2) is 0 Å². The molecular formula is C28H31N3O2. The molecule has 5 heteroatoms. The van der Waals surface area contributed by atoms with Gasteiger partial charge in [-0.2, -0.15) is 0 Å². The van der Waals surface area contributed by atoms with Crippen LogP contribution in [0.4, 0.5) is 0 Å². The molecule has 0 fully saturated rings. The van der Waals surface area contributed by atoms with Gasteiger partial charge in [0.25, 0.3) is 5.91 Å². The molecule has 2 amide bonds. The molecule has 2 aliphatic rings. The van der Waals surface area contributed by atoms with Crippen molar-refractivity contribution in [1.82, 2.24) is 15.1 Å². The van der Waals surface area contributed by atoms with Crippen molar-refractivity contribution >= 4 is 11.8 Å². The predicted molar refractivity (Wildman–Crippen MR) is 131 cm³/mol. The van der Waals surface area contributed by atoms with Crippen LogP contribution in [0.15, 0.2) is 96.2 Å². The molecule has 3 unspecified atom stereocenters. The normalized spacial score (nSPS) is 19.9. The summed E-state index contributed by atoms with van der Waals surface area (Å²) in [5, 5.41) is 3.02. The van der Waals surface area contributed by atoms with Gasteiger partial charge in [-0.1, -0.05) is 91.4 Å². The molecule has 2 aromatic carbocycles. The first-order valence-electron chi connectivity index (χ1n) is 11.5. The molecule has 5 nitrogen and oxygen atoms in total. The summed E-state index contributed by atoms with van der Waals surface area (Å²) in [5.74, 6) is -0.213. The highest BCUT2D eigenvalue weighted by Gasteiger charge is 2.35. The maximum absolute atomic E-state index is 13.5. The highest BCUT2D eigenvalue weighted by atomic mass is 16.2. The second-order valence-corrected chi connectivity index (χ2v) is 8.68. The van der Waals surface area contributed by atoms with E-state index in [0.717, 1.165) is 17.5 Å². The van der Waals surface area contributed by atoms with Gasteiger partial charge >= 0.3 is 0 Å². The van der Waals surface area contributed by atoms with Crippen LogP contribution in [0.25, 0.3) is 0 Å². The summed E-state index contributed by atoms with van der Waals surface area (Å²) in [6, 6.07) is 18.7. The Labute approximate surface area is 196 Å². The van der Waals surface area contributed by atoms with Crippen LogP contribution in [-0.4, -0.2) is 41.8 Å². The molecule has 0 spiro atoms. The van der Waals surface area contributed by atoms with Gasteiger partial charge in [0.1, 0.15) is 6.04 Å². The van der Waals surface area contributed by atoms with Crippen molar-refractivity contribution in [2.24, 2.45) is 5.92 Å². The zero-order valence-corrected chi connectivity index (χ0v) is 19.4. The zero-order valence-electron chi connectivity index (χ0n) is 19.4. The number of benzene rings is 2. The lowest BCUT2D eigenvalue weighted by Gasteiger charge is -2.29. The highest BCUT2D eigenvalue weighted by Crippen LogP contribution is 2.33. The molecular weight excluding hydrogens is 410 g/mol. The lowest BCUT2D eigenvalue weighted by atomic mass is 9.92. The van der Waals surface area contributed by atoms with E-state index in [1.54, 1.807) is 11.9 Å². The number of likely N-dealkylation sites (N-methyl/N-ethyl adjacent to an activating group) is 2. The van der Waals surface area contributed by atoms with Crippen molar-refractivity contribution in [3.8, 4) is 0 Å². The summed E-state index contributed by atoms with van der Waals surface area (Å²) in [6.07, 6.45) is 9.51. The number of hydrogen-bond acceptors (Lipinski definition) is 3. The van der Waals surface area contributed by atoms with Crippen LogP contribution in [-0.2, 0) is 16.1 Å². The monoisotopic (exact) mass is 441 g/mol. The molecule has 0 bridgehead atoms. The van der Waals surface area contributed by atoms with Gasteiger partial charge in [0, 0.05) is 26.6 Å². The van der Waals surface area contributed by atoms with E-state index in [9.17, 15) is 9.59 Å². The lowest BCUT2D eigenvalue weighted by Crippen LogP contribution is -2.43. The second kappa shape index (κ2) is 9.90. The van der Waals surface area contributed by atoms with Crippen molar-refractivity contribution in [2.75, 3.05) is 14.1 Å². The van der Waals surface area contributed by atoms with E-state index in [4.69, 9.17) is 0 Å². The van der Waals surface area contributed by atoms with Gasteiger partial charge < -0.3 is 15.1 Å². The van der Waals surface area contributed by atoms with E-state index in [-0.39, 0.29) is 23.8 Å². The summed E-state index contributed by atoms with van der Waals surface area (Å²) in [5.41, 5.74) is 3.69. The van der Waals surface area contributed by atoms with Gasteiger partial charge in [-0.05, 0) is 23.6 Å². The van der Waals surface area contributed by atoms with Crippen LogP contribution in [0.1, 0.15) is 30.5 Å². The van der Waals surface area contributed by atoms with Gasteiger partial charge in [-0.3, -0.25) is 9.59 Å². The fraction of sp³-hybridized carbons (Fsp3) is 0.286. The average molecular weight is 442 g/mol. The second-order valence-electron chi connectivity index (χ2n) is 8.68. The third-order valence-corrected chi connectivity index (χ3v) is 6.42. The molecule has 1 aliphatic heterocycles. The SMILES string of the molecule is CCC1=CC2C=C(C(=O)NC(C(=O)N(C)Cc3ccccc3)c3ccccc3)N(C)C2C=C1. The Balaban J connectivity index is 1.55. The summed E-state index contributed by atoms with van der Waals surface area (Å²) < 4.78 is 0. The molecule has 170 valence electrons. The third-order valence-electron chi connectivity index (χ3n) is 6.42. The van der Waals surface area contributed by atoms with Gasteiger partial charge in [-0.15, -0.1) is 0 Å². The number of allylic oxidation sites excluding steroid dienone is 2. The smallest absolute Gasteiger partial charge is 0.268 e. The Kier molecular flexibility index (Phi) is 6.78. The fourth-order valence-electron chi connectivity index (χ4n) is 4.51. The zero-order chi connectivity index (χ0) is 23.4. The predicted octanol–water partition coefficient (Wildman–Crippen LogP) is 4.22. The number of nitrogens with zero attached hydrogens (tertiary/aromatic N) is 2.